The minimum Gasteiger partial charge on any atom is -0.309 e. The Balaban J connectivity index is 1.86. The Kier molecular flexibility index (Phi) is 3.33. The van der Waals surface area contributed by atoms with E-state index in [0.29, 0.717) is 0 Å². The maximum atomic E-state index is 4.60. The van der Waals surface area contributed by atoms with Crippen LogP contribution in [0.5, 0.6) is 0 Å². The van der Waals surface area contributed by atoms with Gasteiger partial charge in [-0.15, -0.1) is 0 Å². The number of nitrogens with one attached hydrogen (secondary N) is 1. The third kappa shape index (κ3) is 2.69. The first-order valence-corrected chi connectivity index (χ1v) is 6.86. The summed E-state index contributed by atoms with van der Waals surface area (Å²) in [6.07, 6.45) is 0. The van der Waals surface area contributed by atoms with E-state index in [9.17, 15) is 0 Å². The molecule has 0 saturated carbocycles. The van der Waals surface area contributed by atoms with Crippen molar-refractivity contribution in [2.45, 2.75) is 11.8 Å². The lowest BCUT2D eigenvalue weighted by Gasteiger charge is -2.08. The Morgan fingerprint density at radius 1 is 0.842 bits per heavy atom. The fourth-order valence-electron chi connectivity index (χ4n) is 1.78. The van der Waals surface area contributed by atoms with Crippen molar-refractivity contribution >= 4 is 28.8 Å². The zero-order valence-electron chi connectivity index (χ0n) is 10.5. The first-order chi connectivity index (χ1) is 9.33. The van der Waals surface area contributed by atoms with Gasteiger partial charge >= 0.3 is 0 Å². The SMILES string of the molecule is Cc1nc2ccccc2nc1NSc1ccccc1. The van der Waals surface area contributed by atoms with Gasteiger partial charge in [0, 0.05) is 4.90 Å². The van der Waals surface area contributed by atoms with Crippen molar-refractivity contribution in [1.29, 1.82) is 0 Å². The lowest BCUT2D eigenvalue weighted by molar-refractivity contribution is 1.19. The highest BCUT2D eigenvalue weighted by Gasteiger charge is 2.04. The summed E-state index contributed by atoms with van der Waals surface area (Å²) in [5.41, 5.74) is 2.74. The predicted molar refractivity (Wildman–Crippen MR) is 80.2 cm³/mol. The maximum absolute atomic E-state index is 4.60. The van der Waals surface area contributed by atoms with Gasteiger partial charge in [0.05, 0.1) is 16.7 Å². The van der Waals surface area contributed by atoms with E-state index in [-0.39, 0.29) is 0 Å². The van der Waals surface area contributed by atoms with E-state index in [4.69, 9.17) is 0 Å². The largest absolute Gasteiger partial charge is 0.309 e. The first kappa shape index (κ1) is 12.0. The minimum absolute atomic E-state index is 0.813. The highest BCUT2D eigenvalue weighted by Crippen LogP contribution is 2.22. The van der Waals surface area contributed by atoms with Crippen molar-refractivity contribution < 1.29 is 0 Å². The molecule has 0 bridgehead atoms. The van der Waals surface area contributed by atoms with Crippen LogP contribution in [0.25, 0.3) is 11.0 Å². The number of aryl methyl sites for hydroxylation is 1. The number of anilines is 1. The first-order valence-electron chi connectivity index (χ1n) is 6.04. The number of fused-ring (bicyclic) bond motifs is 1. The number of rotatable bonds is 3. The molecule has 0 unspecified atom stereocenters. The molecule has 0 amide bonds. The van der Waals surface area contributed by atoms with E-state index in [1.807, 2.05) is 49.4 Å². The highest BCUT2D eigenvalue weighted by molar-refractivity contribution is 8.00. The van der Waals surface area contributed by atoms with Crippen LogP contribution in [0.2, 0.25) is 0 Å². The Bertz CT molecular complexity index is 698. The Morgan fingerprint density at radius 2 is 1.47 bits per heavy atom. The van der Waals surface area contributed by atoms with Gasteiger partial charge in [-0.1, -0.05) is 30.3 Å². The van der Waals surface area contributed by atoms with Crippen LogP contribution in [0, 0.1) is 6.92 Å². The summed E-state index contributed by atoms with van der Waals surface area (Å²) < 4.78 is 3.26. The number of hydrogen-bond acceptors (Lipinski definition) is 4. The minimum atomic E-state index is 0.813. The monoisotopic (exact) mass is 267 g/mol. The van der Waals surface area contributed by atoms with Crippen LogP contribution in [0.4, 0.5) is 5.82 Å². The molecule has 3 rings (SSSR count). The molecule has 0 aliphatic carbocycles. The van der Waals surface area contributed by atoms with E-state index in [2.05, 4.69) is 26.8 Å². The van der Waals surface area contributed by atoms with E-state index >= 15 is 0 Å². The lowest BCUT2D eigenvalue weighted by atomic mass is 10.3. The number of benzene rings is 2. The normalized spacial score (nSPS) is 10.6. The van der Waals surface area contributed by atoms with Crippen LogP contribution in [0.3, 0.4) is 0 Å². The smallest absolute Gasteiger partial charge is 0.158 e. The predicted octanol–water partition coefficient (Wildman–Crippen LogP) is 4.06. The van der Waals surface area contributed by atoms with Crippen molar-refractivity contribution in [1.82, 2.24) is 9.97 Å². The number of nitrogens with zero attached hydrogens (tertiary/aromatic N) is 2. The molecule has 2 aromatic carbocycles. The summed E-state index contributed by atoms with van der Waals surface area (Å²) in [6.45, 7) is 1.97. The van der Waals surface area contributed by atoms with Gasteiger partial charge in [-0.3, -0.25) is 0 Å². The van der Waals surface area contributed by atoms with Crippen molar-refractivity contribution in [3.63, 3.8) is 0 Å². The van der Waals surface area contributed by atoms with E-state index < -0.39 is 0 Å². The second-order valence-corrected chi connectivity index (χ2v) is 5.04. The van der Waals surface area contributed by atoms with Gasteiger partial charge in [-0.05, 0) is 43.1 Å². The van der Waals surface area contributed by atoms with Crippen molar-refractivity contribution in [2.75, 3.05) is 4.72 Å². The zero-order valence-corrected chi connectivity index (χ0v) is 11.3. The van der Waals surface area contributed by atoms with Crippen LogP contribution in [-0.2, 0) is 0 Å². The fourth-order valence-corrected chi connectivity index (χ4v) is 2.48. The van der Waals surface area contributed by atoms with Crippen LogP contribution >= 0.6 is 11.9 Å². The number of para-hydroxylation sites is 2. The Labute approximate surface area is 116 Å². The summed E-state index contributed by atoms with van der Waals surface area (Å²) >= 11 is 1.54. The molecule has 0 spiro atoms. The molecular formula is C15H13N3S. The summed E-state index contributed by atoms with van der Waals surface area (Å²) in [4.78, 5) is 10.3. The molecule has 4 heteroatoms. The molecule has 1 aromatic heterocycles. The summed E-state index contributed by atoms with van der Waals surface area (Å²) in [7, 11) is 0. The molecule has 19 heavy (non-hydrogen) atoms. The summed E-state index contributed by atoms with van der Waals surface area (Å²) in [5.74, 6) is 0.813. The maximum Gasteiger partial charge on any atom is 0.158 e. The van der Waals surface area contributed by atoms with Crippen LogP contribution in [0.1, 0.15) is 5.69 Å². The second-order valence-electron chi connectivity index (χ2n) is 4.16. The quantitative estimate of drug-likeness (QED) is 0.726. The third-order valence-corrected chi connectivity index (χ3v) is 3.56. The molecule has 3 nitrogen and oxygen atoms in total. The molecule has 1 heterocycles. The average Bonchev–Trinajstić information content (AvgIpc) is 2.46. The molecule has 0 aliphatic rings. The van der Waals surface area contributed by atoms with Gasteiger partial charge in [0.2, 0.25) is 0 Å². The van der Waals surface area contributed by atoms with Crippen molar-refractivity contribution in [3.8, 4) is 0 Å². The summed E-state index contributed by atoms with van der Waals surface area (Å²) in [5, 5.41) is 0. The number of hydrogen-bond donors (Lipinski definition) is 1. The van der Waals surface area contributed by atoms with Gasteiger partial charge in [0.25, 0.3) is 0 Å². The molecule has 1 N–H and O–H groups in total. The van der Waals surface area contributed by atoms with Crippen molar-refractivity contribution in [3.05, 3.63) is 60.3 Å². The molecule has 3 aromatic rings. The second kappa shape index (κ2) is 5.28. The van der Waals surface area contributed by atoms with E-state index in [1.165, 1.54) is 0 Å². The van der Waals surface area contributed by atoms with Gasteiger partial charge < -0.3 is 4.72 Å². The lowest BCUT2D eigenvalue weighted by Crippen LogP contribution is -1.97. The van der Waals surface area contributed by atoms with Crippen LogP contribution < -0.4 is 4.72 Å². The average molecular weight is 267 g/mol. The van der Waals surface area contributed by atoms with Gasteiger partial charge in [0.15, 0.2) is 5.82 Å². The molecular weight excluding hydrogens is 254 g/mol. The Morgan fingerprint density at radius 3 is 2.21 bits per heavy atom. The van der Waals surface area contributed by atoms with Gasteiger partial charge in [-0.2, -0.15) is 0 Å². The standard InChI is InChI=1S/C15H13N3S/c1-11-15(18-19-12-7-3-2-4-8-12)17-14-10-6-5-9-13(14)16-11/h2-10H,1H3,(H,17,18). The van der Waals surface area contributed by atoms with Gasteiger partial charge in [0.1, 0.15) is 0 Å². The summed E-state index contributed by atoms with van der Waals surface area (Å²) in [6, 6.07) is 18.0. The van der Waals surface area contributed by atoms with E-state index in [0.717, 1.165) is 27.4 Å². The zero-order chi connectivity index (χ0) is 13.1. The van der Waals surface area contributed by atoms with E-state index in [1.54, 1.807) is 11.9 Å². The van der Waals surface area contributed by atoms with Crippen LogP contribution in [-0.4, -0.2) is 9.97 Å². The highest BCUT2D eigenvalue weighted by atomic mass is 32.2. The molecule has 94 valence electrons. The topological polar surface area (TPSA) is 37.8 Å². The van der Waals surface area contributed by atoms with Crippen LogP contribution in [0.15, 0.2) is 59.5 Å². The molecule has 0 fully saturated rings. The molecule has 0 saturated heterocycles. The molecule has 0 aliphatic heterocycles. The Hall–Kier alpha value is -2.07. The van der Waals surface area contributed by atoms with Crippen molar-refractivity contribution in [2.24, 2.45) is 0 Å². The third-order valence-electron chi connectivity index (χ3n) is 2.75. The fraction of sp³-hybridized carbons (Fsp3) is 0.0667. The molecule has 0 radical (unpaired) electrons. The molecule has 0 atom stereocenters. The number of aromatic nitrogens is 2. The van der Waals surface area contributed by atoms with Gasteiger partial charge in [-0.25, -0.2) is 9.97 Å².